The summed E-state index contributed by atoms with van der Waals surface area (Å²) >= 11 is 0. The van der Waals surface area contributed by atoms with Crippen molar-refractivity contribution in [2.45, 2.75) is 32.1 Å². The second-order valence-corrected chi connectivity index (χ2v) is 12.6. The van der Waals surface area contributed by atoms with Crippen LogP contribution in [0.5, 0.6) is 23.0 Å². The minimum absolute atomic E-state index is 0.118. The van der Waals surface area contributed by atoms with E-state index in [4.69, 9.17) is 28.9 Å². The minimum atomic E-state index is -0.179. The molecule has 11 heteroatoms. The summed E-state index contributed by atoms with van der Waals surface area (Å²) in [5, 5.41) is 0. The van der Waals surface area contributed by atoms with E-state index >= 15 is 0 Å². The average Bonchev–Trinajstić information content (AvgIpc) is 3.76. The maximum atomic E-state index is 13.8. The van der Waals surface area contributed by atoms with Gasteiger partial charge in [0.05, 0.1) is 54.2 Å². The van der Waals surface area contributed by atoms with Crippen molar-refractivity contribution < 1.29 is 28.5 Å². The number of benzene rings is 4. The lowest BCUT2D eigenvalue weighted by Gasteiger charge is -2.22. The Balaban J connectivity index is 0.967. The zero-order valence-electron chi connectivity index (χ0n) is 28.7. The van der Waals surface area contributed by atoms with Crippen LogP contribution in [0.25, 0.3) is 0 Å². The van der Waals surface area contributed by atoms with Crippen LogP contribution in [0, 0.1) is 0 Å². The maximum Gasteiger partial charge on any atom is 0.261 e. The molecule has 0 saturated heterocycles. The van der Waals surface area contributed by atoms with Gasteiger partial charge in [0.15, 0.2) is 23.0 Å². The van der Waals surface area contributed by atoms with Gasteiger partial charge in [-0.15, -0.1) is 0 Å². The van der Waals surface area contributed by atoms with E-state index in [-0.39, 0.29) is 31.1 Å². The first-order chi connectivity index (χ1) is 25.4. The fourth-order valence-electron chi connectivity index (χ4n) is 7.00. The van der Waals surface area contributed by atoms with Crippen LogP contribution >= 0.6 is 0 Å². The summed E-state index contributed by atoms with van der Waals surface area (Å²) in [5.41, 5.74) is 7.08. The number of carbonyl (C=O) groups is 2. The molecule has 4 aromatic carbocycles. The maximum absolute atomic E-state index is 13.8. The Morgan fingerprint density at radius 2 is 1.50 bits per heavy atom. The van der Waals surface area contributed by atoms with Crippen molar-refractivity contribution in [3.8, 4) is 23.0 Å². The monoisotopic (exact) mass is 693 g/mol. The van der Waals surface area contributed by atoms with Crippen molar-refractivity contribution in [3.05, 3.63) is 125 Å². The largest absolute Gasteiger partial charge is 0.493 e. The molecule has 0 saturated carbocycles. The Kier molecular flexibility index (Phi) is 8.60. The molecule has 0 N–H and O–H groups in total. The number of anilines is 2. The molecule has 1 unspecified atom stereocenters. The summed E-state index contributed by atoms with van der Waals surface area (Å²) in [4.78, 5) is 44.5. The van der Waals surface area contributed by atoms with E-state index in [0.29, 0.717) is 69.9 Å². The molecule has 3 aliphatic heterocycles. The highest BCUT2D eigenvalue weighted by Crippen LogP contribution is 2.41. The first-order valence-corrected chi connectivity index (χ1v) is 16.9. The van der Waals surface area contributed by atoms with Crippen LogP contribution in [0.15, 0.2) is 101 Å². The number of pyridine rings is 1. The molecule has 0 radical (unpaired) electrons. The first kappa shape index (κ1) is 32.7. The van der Waals surface area contributed by atoms with Gasteiger partial charge < -0.3 is 23.8 Å². The van der Waals surface area contributed by atoms with E-state index in [1.807, 2.05) is 72.9 Å². The third-order valence-corrected chi connectivity index (χ3v) is 9.56. The van der Waals surface area contributed by atoms with Crippen LogP contribution in [0.3, 0.4) is 0 Å². The fraction of sp³-hybridized carbons (Fsp3) is 0.195. The summed E-state index contributed by atoms with van der Waals surface area (Å²) in [6.45, 7) is 4.54. The van der Waals surface area contributed by atoms with Gasteiger partial charge in [0.1, 0.15) is 13.2 Å². The summed E-state index contributed by atoms with van der Waals surface area (Å²) in [6, 6.07) is 28.0. The number of aliphatic imine (C=N–C) groups is 2. The predicted octanol–water partition coefficient (Wildman–Crippen LogP) is 7.08. The number of para-hydroxylation sites is 2. The van der Waals surface area contributed by atoms with Gasteiger partial charge >= 0.3 is 0 Å². The van der Waals surface area contributed by atoms with Gasteiger partial charge in [-0.3, -0.25) is 29.5 Å². The molecule has 0 aliphatic carbocycles. The molecule has 52 heavy (non-hydrogen) atoms. The van der Waals surface area contributed by atoms with E-state index in [1.165, 1.54) is 7.11 Å². The van der Waals surface area contributed by atoms with Crippen molar-refractivity contribution in [2.24, 2.45) is 9.98 Å². The molecule has 4 heterocycles. The highest BCUT2D eigenvalue weighted by molar-refractivity contribution is 6.15. The highest BCUT2D eigenvalue weighted by atomic mass is 16.5. The van der Waals surface area contributed by atoms with E-state index in [1.54, 1.807) is 41.2 Å². The number of hydrogen-bond acceptors (Lipinski definition) is 9. The van der Waals surface area contributed by atoms with E-state index in [9.17, 15) is 9.59 Å². The topological polar surface area (TPSA) is 115 Å². The van der Waals surface area contributed by atoms with Gasteiger partial charge in [-0.2, -0.15) is 0 Å². The number of methoxy groups -OCH3 is 2. The number of rotatable bonds is 10. The predicted molar refractivity (Wildman–Crippen MR) is 199 cm³/mol. The molecule has 1 atom stereocenters. The second-order valence-electron chi connectivity index (χ2n) is 12.6. The Bertz CT molecular complexity index is 2270. The van der Waals surface area contributed by atoms with Crippen molar-refractivity contribution in [1.82, 2.24) is 4.98 Å². The lowest BCUT2D eigenvalue weighted by atomic mass is 10.1. The number of nitrogens with zero attached hydrogens (tertiary/aromatic N) is 5. The zero-order chi connectivity index (χ0) is 35.8. The van der Waals surface area contributed by atoms with E-state index in [2.05, 4.69) is 11.7 Å². The highest BCUT2D eigenvalue weighted by Gasteiger charge is 2.36. The van der Waals surface area contributed by atoms with Crippen LogP contribution < -0.4 is 28.7 Å². The Morgan fingerprint density at radius 1 is 0.827 bits per heavy atom. The van der Waals surface area contributed by atoms with Crippen LogP contribution in [-0.4, -0.2) is 56.5 Å². The number of carbonyl (C=O) groups excluding carboxylic acids is 2. The Morgan fingerprint density at radius 3 is 2.23 bits per heavy atom. The number of fused-ring (bicyclic) bond motifs is 5. The van der Waals surface area contributed by atoms with Crippen molar-refractivity contribution >= 4 is 47.5 Å². The first-order valence-electron chi connectivity index (χ1n) is 16.9. The molecule has 5 aromatic rings. The molecule has 3 aliphatic rings. The van der Waals surface area contributed by atoms with Crippen LogP contribution in [0.2, 0.25) is 0 Å². The summed E-state index contributed by atoms with van der Waals surface area (Å²) in [6.07, 6.45) is 3.33. The molecule has 0 fully saturated rings. The molecule has 1 aromatic heterocycles. The van der Waals surface area contributed by atoms with Gasteiger partial charge in [0, 0.05) is 42.7 Å². The van der Waals surface area contributed by atoms with Crippen molar-refractivity contribution in [3.63, 3.8) is 0 Å². The molecule has 11 nitrogen and oxygen atoms in total. The van der Waals surface area contributed by atoms with Gasteiger partial charge in [0.25, 0.3) is 11.8 Å². The molecular formula is C41H35N5O6. The Hall–Kier alpha value is -6.49. The lowest BCUT2D eigenvalue weighted by Crippen LogP contribution is -2.37. The Labute approximate surface area is 300 Å². The van der Waals surface area contributed by atoms with Gasteiger partial charge in [-0.25, -0.2) is 0 Å². The van der Waals surface area contributed by atoms with Crippen LogP contribution in [-0.2, 0) is 26.1 Å². The van der Waals surface area contributed by atoms with Gasteiger partial charge in [-0.1, -0.05) is 42.5 Å². The SMILES string of the molecule is C=Nc1cc(OCc2cccc(COc3cc4c(cc3OC)C(=O)N3c5ccccc5CC3C=N4)n2)c(OC)cc1C(=O)N1CCc2ccccc21. The number of hydrogen-bond donors (Lipinski definition) is 0. The minimum Gasteiger partial charge on any atom is -0.493 e. The standard InChI is InChI=1S/C41H35N5O6/c1-42-32-20-38(36(49-2)18-30(32)40(47)45-16-15-25-9-4-6-13-34(25)45)51-23-27-11-8-12-28(44-27)24-52-39-21-33-31(19-37(39)50-3)41(48)46-29(22-43-33)17-26-10-5-7-14-35(26)46/h4-14,18-22,29H,1,15-17,23-24H2,2-3H3. The number of amides is 2. The average molecular weight is 694 g/mol. The normalized spacial score (nSPS) is 15.3. The van der Waals surface area contributed by atoms with E-state index < -0.39 is 0 Å². The third kappa shape index (κ3) is 5.89. The number of ether oxygens (including phenoxy) is 4. The smallest absolute Gasteiger partial charge is 0.261 e. The van der Waals surface area contributed by atoms with Crippen molar-refractivity contribution in [1.29, 1.82) is 0 Å². The molecule has 8 rings (SSSR count). The van der Waals surface area contributed by atoms with E-state index in [0.717, 1.165) is 28.9 Å². The second kappa shape index (κ2) is 13.7. The summed E-state index contributed by atoms with van der Waals surface area (Å²) < 4.78 is 23.6. The van der Waals surface area contributed by atoms with Gasteiger partial charge in [-0.05, 0) is 60.7 Å². The molecule has 0 bridgehead atoms. The molecular weight excluding hydrogens is 658 g/mol. The van der Waals surface area contributed by atoms with Crippen LogP contribution in [0.4, 0.5) is 22.7 Å². The molecule has 2 amide bonds. The quantitative estimate of drug-likeness (QED) is 0.144. The lowest BCUT2D eigenvalue weighted by molar-refractivity contribution is 0.0980. The molecule has 0 spiro atoms. The summed E-state index contributed by atoms with van der Waals surface area (Å²) in [5.74, 6) is 1.35. The zero-order valence-corrected chi connectivity index (χ0v) is 28.7. The molecule has 260 valence electrons. The fourth-order valence-corrected chi connectivity index (χ4v) is 7.00. The van der Waals surface area contributed by atoms with Crippen molar-refractivity contribution in [2.75, 3.05) is 30.6 Å². The third-order valence-electron chi connectivity index (χ3n) is 9.56. The number of aromatic nitrogens is 1. The van der Waals surface area contributed by atoms with Crippen LogP contribution in [0.1, 0.15) is 43.2 Å². The van der Waals surface area contributed by atoms with Gasteiger partial charge in [0.2, 0.25) is 0 Å². The summed E-state index contributed by atoms with van der Waals surface area (Å²) in [7, 11) is 3.07.